The van der Waals surface area contributed by atoms with Crippen LogP contribution in [0.15, 0.2) is 65.7 Å². The highest BCUT2D eigenvalue weighted by Crippen LogP contribution is 2.32. The SMILES string of the molecule is COc1cccc(C(=O)N(CCCn2ccnc2)c2nc3ccc(Br)cc3s2)c1. The third-order valence-corrected chi connectivity index (χ3v) is 6.02. The number of hydrogen-bond acceptors (Lipinski definition) is 5. The Hall–Kier alpha value is -2.71. The number of fused-ring (bicyclic) bond motifs is 1. The van der Waals surface area contributed by atoms with Crippen LogP contribution < -0.4 is 9.64 Å². The minimum atomic E-state index is -0.0901. The molecule has 1 amide bonds. The van der Waals surface area contributed by atoms with Gasteiger partial charge in [-0.25, -0.2) is 9.97 Å². The number of nitrogens with zero attached hydrogens (tertiary/aromatic N) is 4. The third kappa shape index (κ3) is 4.49. The molecule has 2 heterocycles. The minimum Gasteiger partial charge on any atom is -0.497 e. The topological polar surface area (TPSA) is 60.2 Å². The molecule has 0 aliphatic heterocycles. The van der Waals surface area contributed by atoms with Crippen LogP contribution >= 0.6 is 27.3 Å². The number of thiazole rings is 1. The van der Waals surface area contributed by atoms with Crippen LogP contribution in [-0.4, -0.2) is 34.1 Å². The van der Waals surface area contributed by atoms with Crippen LogP contribution in [0.3, 0.4) is 0 Å². The van der Waals surface area contributed by atoms with Crippen LogP contribution in [0, 0.1) is 0 Å². The van der Waals surface area contributed by atoms with E-state index >= 15 is 0 Å². The summed E-state index contributed by atoms with van der Waals surface area (Å²) in [6, 6.07) is 13.2. The van der Waals surface area contributed by atoms with Gasteiger partial charge in [-0.15, -0.1) is 0 Å². The van der Waals surface area contributed by atoms with Crippen LogP contribution in [0.2, 0.25) is 0 Å². The maximum atomic E-state index is 13.4. The van der Waals surface area contributed by atoms with Gasteiger partial charge in [0.2, 0.25) is 0 Å². The molecule has 2 aromatic carbocycles. The number of imidazole rings is 1. The molecular weight excluding hydrogens is 452 g/mol. The van der Waals surface area contributed by atoms with E-state index in [1.54, 1.807) is 36.7 Å². The Balaban J connectivity index is 1.64. The standard InChI is InChI=1S/C21H19BrN4O2S/c1-28-17-5-2-4-15(12-17)20(27)26(10-3-9-25-11-8-23-14-25)21-24-18-7-6-16(22)13-19(18)29-21/h2,4-8,11-14H,3,9-10H2,1H3. The first-order valence-electron chi connectivity index (χ1n) is 9.12. The molecule has 4 aromatic rings. The molecule has 0 unspecified atom stereocenters. The average Bonchev–Trinajstić information content (AvgIpc) is 3.40. The summed E-state index contributed by atoms with van der Waals surface area (Å²) in [5, 5.41) is 0.691. The first-order chi connectivity index (χ1) is 14.1. The van der Waals surface area contributed by atoms with Crippen molar-refractivity contribution in [3.05, 3.63) is 71.2 Å². The zero-order valence-electron chi connectivity index (χ0n) is 15.8. The van der Waals surface area contributed by atoms with Gasteiger partial charge in [0.15, 0.2) is 5.13 Å². The maximum absolute atomic E-state index is 13.4. The number of halogens is 1. The number of methoxy groups -OCH3 is 1. The number of aryl methyl sites for hydroxylation is 1. The van der Waals surface area contributed by atoms with E-state index in [2.05, 4.69) is 20.9 Å². The van der Waals surface area contributed by atoms with Crippen molar-refractivity contribution in [2.45, 2.75) is 13.0 Å². The zero-order valence-corrected chi connectivity index (χ0v) is 18.2. The van der Waals surface area contributed by atoms with Gasteiger partial charge in [0.1, 0.15) is 5.75 Å². The maximum Gasteiger partial charge on any atom is 0.260 e. The Morgan fingerprint density at radius 3 is 2.97 bits per heavy atom. The number of amides is 1. The van der Waals surface area contributed by atoms with Crippen LogP contribution in [0.25, 0.3) is 10.2 Å². The fraction of sp³-hybridized carbons (Fsp3) is 0.190. The number of ether oxygens (including phenoxy) is 1. The zero-order chi connectivity index (χ0) is 20.2. The van der Waals surface area contributed by atoms with Gasteiger partial charge >= 0.3 is 0 Å². The molecule has 0 spiro atoms. The molecule has 148 valence electrons. The van der Waals surface area contributed by atoms with E-state index in [1.807, 2.05) is 41.1 Å². The van der Waals surface area contributed by atoms with Crippen LogP contribution in [-0.2, 0) is 6.54 Å². The van der Waals surface area contributed by atoms with Crippen LogP contribution in [0.1, 0.15) is 16.8 Å². The molecule has 8 heteroatoms. The lowest BCUT2D eigenvalue weighted by atomic mass is 10.2. The Bertz CT molecular complexity index is 1130. The minimum absolute atomic E-state index is 0.0901. The van der Waals surface area contributed by atoms with E-state index in [4.69, 9.17) is 9.72 Å². The summed E-state index contributed by atoms with van der Waals surface area (Å²) in [5.41, 5.74) is 1.46. The van der Waals surface area contributed by atoms with E-state index < -0.39 is 0 Å². The number of benzene rings is 2. The predicted octanol–water partition coefficient (Wildman–Crippen LogP) is 5.00. The normalized spacial score (nSPS) is 11.0. The molecule has 0 atom stereocenters. The molecule has 0 bridgehead atoms. The molecule has 0 N–H and O–H groups in total. The first-order valence-corrected chi connectivity index (χ1v) is 10.7. The summed E-state index contributed by atoms with van der Waals surface area (Å²) in [6.45, 7) is 1.33. The molecule has 0 aliphatic carbocycles. The number of carbonyl (C=O) groups is 1. The summed E-state index contributed by atoms with van der Waals surface area (Å²) >= 11 is 5.01. The largest absolute Gasteiger partial charge is 0.497 e. The van der Waals surface area contributed by atoms with Crippen molar-refractivity contribution in [3.8, 4) is 5.75 Å². The second-order valence-electron chi connectivity index (χ2n) is 6.45. The van der Waals surface area contributed by atoms with Crippen molar-refractivity contribution in [2.24, 2.45) is 0 Å². The summed E-state index contributed by atoms with van der Waals surface area (Å²) in [7, 11) is 1.60. The van der Waals surface area contributed by atoms with Crippen molar-refractivity contribution < 1.29 is 9.53 Å². The van der Waals surface area contributed by atoms with Gasteiger partial charge < -0.3 is 9.30 Å². The Kier molecular flexibility index (Phi) is 5.92. The van der Waals surface area contributed by atoms with Gasteiger partial charge in [-0.2, -0.15) is 0 Å². The smallest absolute Gasteiger partial charge is 0.260 e. The van der Waals surface area contributed by atoms with Crippen molar-refractivity contribution >= 4 is 48.5 Å². The molecule has 6 nitrogen and oxygen atoms in total. The summed E-state index contributed by atoms with van der Waals surface area (Å²) in [6.07, 6.45) is 6.24. The molecular formula is C21H19BrN4O2S. The Labute approximate surface area is 180 Å². The molecule has 4 rings (SSSR count). The van der Waals surface area contributed by atoms with Crippen molar-refractivity contribution in [3.63, 3.8) is 0 Å². The Morgan fingerprint density at radius 2 is 2.17 bits per heavy atom. The van der Waals surface area contributed by atoms with Gasteiger partial charge in [-0.1, -0.05) is 33.3 Å². The van der Waals surface area contributed by atoms with E-state index in [1.165, 1.54) is 11.3 Å². The van der Waals surface area contributed by atoms with E-state index in [9.17, 15) is 4.79 Å². The number of anilines is 1. The van der Waals surface area contributed by atoms with Gasteiger partial charge in [-0.3, -0.25) is 9.69 Å². The van der Waals surface area contributed by atoms with Crippen molar-refractivity contribution in [2.75, 3.05) is 18.6 Å². The highest BCUT2D eigenvalue weighted by molar-refractivity contribution is 9.10. The van der Waals surface area contributed by atoms with Crippen molar-refractivity contribution in [1.82, 2.24) is 14.5 Å². The lowest BCUT2D eigenvalue weighted by Gasteiger charge is -2.20. The Morgan fingerprint density at radius 1 is 1.28 bits per heavy atom. The quantitative estimate of drug-likeness (QED) is 0.381. The monoisotopic (exact) mass is 470 g/mol. The molecule has 0 saturated heterocycles. The van der Waals surface area contributed by atoms with E-state index in [-0.39, 0.29) is 5.91 Å². The van der Waals surface area contributed by atoms with Gasteiger partial charge in [0.25, 0.3) is 5.91 Å². The predicted molar refractivity (Wildman–Crippen MR) is 119 cm³/mol. The first kappa shape index (κ1) is 19.6. The highest BCUT2D eigenvalue weighted by Gasteiger charge is 2.21. The molecule has 29 heavy (non-hydrogen) atoms. The van der Waals surface area contributed by atoms with Gasteiger partial charge in [-0.05, 0) is 42.8 Å². The lowest BCUT2D eigenvalue weighted by molar-refractivity contribution is 0.0986. The fourth-order valence-corrected chi connectivity index (χ4v) is 4.57. The number of aromatic nitrogens is 3. The fourth-order valence-electron chi connectivity index (χ4n) is 3.03. The van der Waals surface area contributed by atoms with Crippen LogP contribution in [0.4, 0.5) is 5.13 Å². The summed E-state index contributed by atoms with van der Waals surface area (Å²) in [4.78, 5) is 23.9. The number of hydrogen-bond donors (Lipinski definition) is 0. The molecule has 0 fully saturated rings. The van der Waals surface area contributed by atoms with Crippen LogP contribution in [0.5, 0.6) is 5.75 Å². The molecule has 0 saturated carbocycles. The highest BCUT2D eigenvalue weighted by atomic mass is 79.9. The van der Waals surface area contributed by atoms with Crippen molar-refractivity contribution in [1.29, 1.82) is 0 Å². The number of rotatable bonds is 7. The summed E-state index contributed by atoms with van der Waals surface area (Å²) in [5.74, 6) is 0.565. The van der Waals surface area contributed by atoms with Gasteiger partial charge in [0.05, 0.1) is 23.7 Å². The van der Waals surface area contributed by atoms with E-state index in [0.29, 0.717) is 23.0 Å². The van der Waals surface area contributed by atoms with E-state index in [0.717, 1.165) is 27.7 Å². The second-order valence-corrected chi connectivity index (χ2v) is 8.38. The molecule has 0 aliphatic rings. The molecule has 0 radical (unpaired) electrons. The number of carbonyl (C=O) groups excluding carboxylic acids is 1. The summed E-state index contributed by atoms with van der Waals surface area (Å²) < 4.78 is 9.31. The lowest BCUT2D eigenvalue weighted by Crippen LogP contribution is -2.32. The third-order valence-electron chi connectivity index (χ3n) is 4.49. The molecule has 2 aromatic heterocycles. The average molecular weight is 471 g/mol. The van der Waals surface area contributed by atoms with Gasteiger partial charge in [0, 0.05) is 35.5 Å². The second kappa shape index (κ2) is 8.75.